The van der Waals surface area contributed by atoms with Crippen LogP contribution in [0.5, 0.6) is 11.5 Å². The highest BCUT2D eigenvalue weighted by atomic mass is 35.5. The van der Waals surface area contributed by atoms with Gasteiger partial charge in [-0.05, 0) is 81.3 Å². The molecule has 2 aromatic carbocycles. The van der Waals surface area contributed by atoms with Crippen LogP contribution in [0.1, 0.15) is 36.7 Å². The highest BCUT2D eigenvalue weighted by Gasteiger charge is 2.26. The van der Waals surface area contributed by atoms with Gasteiger partial charge in [0.1, 0.15) is 0 Å². The van der Waals surface area contributed by atoms with Gasteiger partial charge < -0.3 is 19.7 Å². The van der Waals surface area contributed by atoms with Crippen LogP contribution in [0.3, 0.4) is 0 Å². The molecule has 1 N–H and O–H groups in total. The van der Waals surface area contributed by atoms with Gasteiger partial charge in [0.25, 0.3) is 5.91 Å². The second-order valence-corrected chi connectivity index (χ2v) is 8.37. The topological polar surface area (TPSA) is 80.2 Å². The van der Waals surface area contributed by atoms with Gasteiger partial charge in [0.2, 0.25) is 5.78 Å². The average molecular weight is 496 g/mol. The Morgan fingerprint density at radius 3 is 2.31 bits per heavy atom. The summed E-state index contributed by atoms with van der Waals surface area (Å²) < 4.78 is 10.5. The first-order valence-electron chi connectivity index (χ1n) is 11.3. The minimum absolute atomic E-state index is 0.0197. The lowest BCUT2D eigenvalue weighted by Crippen LogP contribution is -2.31. The number of hydrogen-bond acceptors (Lipinski definition) is 6. The molecule has 1 aliphatic rings. The summed E-state index contributed by atoms with van der Waals surface area (Å²) in [6, 6.07) is 10.8. The van der Waals surface area contributed by atoms with Gasteiger partial charge in [0.15, 0.2) is 11.5 Å². The molecule has 0 radical (unpaired) electrons. The summed E-state index contributed by atoms with van der Waals surface area (Å²) in [5.41, 5.74) is 4.29. The molecule has 184 valence electrons. The van der Waals surface area contributed by atoms with E-state index in [0.29, 0.717) is 28.3 Å². The number of methoxy groups -OCH3 is 2. The van der Waals surface area contributed by atoms with E-state index in [2.05, 4.69) is 30.1 Å². The number of rotatable bonds is 8. The second-order valence-electron chi connectivity index (χ2n) is 7.99. The summed E-state index contributed by atoms with van der Waals surface area (Å²) in [7, 11) is 3.00. The van der Waals surface area contributed by atoms with Crippen molar-refractivity contribution in [2.24, 2.45) is 4.99 Å². The Morgan fingerprint density at radius 1 is 1.03 bits per heavy atom. The Hall–Kier alpha value is -3.58. The van der Waals surface area contributed by atoms with Crippen LogP contribution in [0, 0.1) is 6.92 Å². The van der Waals surface area contributed by atoms with Crippen LogP contribution in [0.25, 0.3) is 0 Å². The predicted octanol–water partition coefficient (Wildman–Crippen LogP) is 5.34. The van der Waals surface area contributed by atoms with Gasteiger partial charge >= 0.3 is 0 Å². The molecule has 8 heteroatoms. The Balaban J connectivity index is 1.93. The van der Waals surface area contributed by atoms with E-state index >= 15 is 0 Å². The van der Waals surface area contributed by atoms with Crippen LogP contribution >= 0.6 is 11.6 Å². The molecule has 0 saturated carbocycles. The molecule has 0 heterocycles. The number of nitrogens with zero attached hydrogens (tertiary/aromatic N) is 2. The maximum Gasteiger partial charge on any atom is 0.255 e. The van der Waals surface area contributed by atoms with E-state index in [1.54, 1.807) is 31.2 Å². The highest BCUT2D eigenvalue weighted by molar-refractivity contribution is 6.49. The molecule has 0 atom stereocenters. The second kappa shape index (κ2) is 11.2. The molecule has 0 bridgehead atoms. The van der Waals surface area contributed by atoms with Gasteiger partial charge in [0, 0.05) is 24.3 Å². The van der Waals surface area contributed by atoms with Gasteiger partial charge in [-0.2, -0.15) is 0 Å². The van der Waals surface area contributed by atoms with Crippen LogP contribution in [-0.4, -0.2) is 44.7 Å². The molecule has 1 amide bonds. The average Bonchev–Trinajstić information content (AvgIpc) is 2.87. The van der Waals surface area contributed by atoms with Crippen molar-refractivity contribution in [1.29, 1.82) is 0 Å². The zero-order valence-electron chi connectivity index (χ0n) is 20.9. The third-order valence-electron chi connectivity index (χ3n) is 5.88. The number of anilines is 1. The molecular weight excluding hydrogens is 466 g/mol. The largest absolute Gasteiger partial charge is 0.493 e. The van der Waals surface area contributed by atoms with Crippen LogP contribution in [0.4, 0.5) is 11.4 Å². The fourth-order valence-electron chi connectivity index (χ4n) is 3.77. The van der Waals surface area contributed by atoms with Crippen molar-refractivity contribution in [2.45, 2.75) is 27.7 Å². The van der Waals surface area contributed by atoms with Crippen LogP contribution in [0.15, 0.2) is 63.8 Å². The standard InChI is InChI=1S/C27H30ClN3O4/c1-7-31(8-2)19-10-11-20(16(3)13-19)29-21-15-22(26(32)25(28)17(21)4)30-27(33)18-9-12-23(34-5)24(14-18)35-6/h9-15H,7-8H2,1-6H3,(H,30,33). The summed E-state index contributed by atoms with van der Waals surface area (Å²) in [6.45, 7) is 9.78. The molecule has 0 spiro atoms. The molecule has 0 aromatic heterocycles. The molecular formula is C27H30ClN3O4. The lowest BCUT2D eigenvalue weighted by Gasteiger charge is -2.22. The number of amides is 1. The fourth-order valence-corrected chi connectivity index (χ4v) is 3.97. The SMILES string of the molecule is CCN(CC)c1ccc(N=C2C=C(NC(=O)c3ccc(OC)c(OC)c3)C(=O)C(Cl)=C2C)c(C)c1. The van der Waals surface area contributed by atoms with Crippen molar-refractivity contribution in [3.05, 3.63) is 69.9 Å². The molecule has 7 nitrogen and oxygen atoms in total. The number of benzene rings is 2. The normalized spacial score (nSPS) is 14.7. The van der Waals surface area contributed by atoms with E-state index in [9.17, 15) is 9.59 Å². The molecule has 0 aliphatic heterocycles. The van der Waals surface area contributed by atoms with Crippen LogP contribution in [0.2, 0.25) is 0 Å². The third kappa shape index (κ3) is 5.57. The maximum atomic E-state index is 12.9. The van der Waals surface area contributed by atoms with Crippen molar-refractivity contribution < 1.29 is 19.1 Å². The van der Waals surface area contributed by atoms with Crippen molar-refractivity contribution >= 4 is 40.4 Å². The Labute approximate surface area is 211 Å². The summed E-state index contributed by atoms with van der Waals surface area (Å²) >= 11 is 6.35. The number of hydrogen-bond donors (Lipinski definition) is 1. The highest BCUT2D eigenvalue weighted by Crippen LogP contribution is 2.30. The zero-order chi connectivity index (χ0) is 25.7. The van der Waals surface area contributed by atoms with Crippen LogP contribution in [-0.2, 0) is 4.79 Å². The van der Waals surface area contributed by atoms with E-state index in [0.717, 1.165) is 30.0 Å². The molecule has 2 aromatic rings. The molecule has 3 rings (SSSR count). The Bertz CT molecular complexity index is 1240. The van der Waals surface area contributed by atoms with Gasteiger partial charge in [-0.25, -0.2) is 4.99 Å². The van der Waals surface area contributed by atoms with Crippen molar-refractivity contribution in [3.63, 3.8) is 0 Å². The lowest BCUT2D eigenvalue weighted by atomic mass is 10.0. The Kier molecular flexibility index (Phi) is 8.35. The Morgan fingerprint density at radius 2 is 1.71 bits per heavy atom. The minimum Gasteiger partial charge on any atom is -0.493 e. The van der Waals surface area contributed by atoms with Crippen molar-refractivity contribution in [1.82, 2.24) is 5.32 Å². The molecule has 35 heavy (non-hydrogen) atoms. The minimum atomic E-state index is -0.478. The van der Waals surface area contributed by atoms with Crippen molar-refractivity contribution in [3.8, 4) is 11.5 Å². The summed E-state index contributed by atoms with van der Waals surface area (Å²) in [5.74, 6) is -0.0432. The number of carbonyl (C=O) groups excluding carboxylic acids is 2. The first kappa shape index (κ1) is 26.0. The van der Waals surface area contributed by atoms with Gasteiger partial charge in [-0.3, -0.25) is 9.59 Å². The van der Waals surface area contributed by atoms with E-state index in [4.69, 9.17) is 26.1 Å². The van der Waals surface area contributed by atoms with Gasteiger partial charge in [-0.1, -0.05) is 11.6 Å². The monoisotopic (exact) mass is 495 g/mol. The number of ether oxygens (including phenoxy) is 2. The van der Waals surface area contributed by atoms with Gasteiger partial charge in [0.05, 0.1) is 36.3 Å². The third-order valence-corrected chi connectivity index (χ3v) is 6.34. The quantitative estimate of drug-likeness (QED) is 0.500. The fraction of sp³-hybridized carbons (Fsp3) is 0.296. The summed E-state index contributed by atoms with van der Waals surface area (Å²) in [6.07, 6.45) is 1.56. The van der Waals surface area contributed by atoms with Crippen LogP contribution < -0.4 is 19.7 Å². The molecule has 1 aliphatic carbocycles. The summed E-state index contributed by atoms with van der Waals surface area (Å²) in [4.78, 5) is 32.7. The van der Waals surface area contributed by atoms with Crippen molar-refractivity contribution in [2.75, 3.05) is 32.2 Å². The molecule has 0 saturated heterocycles. The van der Waals surface area contributed by atoms with Gasteiger partial charge in [-0.15, -0.1) is 0 Å². The molecule has 0 unspecified atom stereocenters. The summed E-state index contributed by atoms with van der Waals surface area (Å²) in [5, 5.41) is 2.68. The number of carbonyl (C=O) groups is 2. The number of aliphatic imine (C=N–C) groups is 1. The first-order valence-corrected chi connectivity index (χ1v) is 11.7. The first-order chi connectivity index (χ1) is 16.7. The maximum absolute atomic E-state index is 12.9. The number of aryl methyl sites for hydroxylation is 1. The number of allylic oxidation sites excluding steroid dienone is 3. The van der Waals surface area contributed by atoms with E-state index in [-0.39, 0.29) is 10.7 Å². The number of ketones is 1. The van der Waals surface area contributed by atoms with E-state index in [1.807, 2.05) is 19.1 Å². The smallest absolute Gasteiger partial charge is 0.255 e. The number of nitrogens with one attached hydrogen (secondary N) is 1. The lowest BCUT2D eigenvalue weighted by molar-refractivity contribution is -0.112. The number of Topliss-reactive ketones (excluding diaryl/α,β-unsaturated/α-hetero) is 1. The predicted molar refractivity (Wildman–Crippen MR) is 140 cm³/mol. The number of halogens is 1. The zero-order valence-corrected chi connectivity index (χ0v) is 21.6. The molecule has 0 fully saturated rings. The van der Waals surface area contributed by atoms with E-state index in [1.165, 1.54) is 14.2 Å². The van der Waals surface area contributed by atoms with E-state index < -0.39 is 11.7 Å².